The highest BCUT2D eigenvalue weighted by atomic mass is 15.1. The first-order valence-corrected chi connectivity index (χ1v) is 21.0. The third-order valence-corrected chi connectivity index (χ3v) is 13.5. The van der Waals surface area contributed by atoms with Crippen molar-refractivity contribution >= 4 is 38.9 Å². The van der Waals surface area contributed by atoms with Crippen molar-refractivity contribution in [2.75, 3.05) is 4.90 Å². The zero-order valence-electron chi connectivity index (χ0n) is 33.7. The first kappa shape index (κ1) is 34.6. The van der Waals surface area contributed by atoms with Crippen molar-refractivity contribution in [1.82, 2.24) is 4.57 Å². The zero-order chi connectivity index (χ0) is 40.0. The van der Waals surface area contributed by atoms with Crippen LogP contribution in [0.4, 0.5) is 17.1 Å². The van der Waals surface area contributed by atoms with Crippen LogP contribution in [0.1, 0.15) is 47.2 Å². The van der Waals surface area contributed by atoms with Gasteiger partial charge >= 0.3 is 0 Å². The fourth-order valence-corrected chi connectivity index (χ4v) is 10.8. The summed E-state index contributed by atoms with van der Waals surface area (Å²) in [6, 6.07) is 81.1. The smallest absolute Gasteiger partial charge is 0.0714 e. The molecule has 60 heavy (non-hydrogen) atoms. The number of rotatable bonds is 6. The summed E-state index contributed by atoms with van der Waals surface area (Å²) in [4.78, 5) is 2.49. The van der Waals surface area contributed by atoms with Gasteiger partial charge in [-0.3, -0.25) is 0 Å². The molecule has 2 aliphatic rings. The molecule has 0 radical (unpaired) electrons. The average Bonchev–Trinajstić information content (AvgIpc) is 3.88. The van der Waals surface area contributed by atoms with Crippen LogP contribution in [0.25, 0.3) is 49.7 Å². The standard InChI is InChI=1S/C58H42N2/c1-57(2)51-28-13-9-24-45(51)48-34-32-43(37-54(48)57)59(44-33-35-50-49-27-12-16-31-55(49)60(56(50)38-44)41-21-7-4-8-22-41)42-23-17-20-40(36-42)58(39-18-5-3-6-19-39)52-29-14-10-25-46(52)47-26-11-15-30-53(47)58/h3-38H,1-2H3. The summed E-state index contributed by atoms with van der Waals surface area (Å²) in [5.74, 6) is 0. The van der Waals surface area contributed by atoms with Crippen molar-refractivity contribution in [1.29, 1.82) is 0 Å². The summed E-state index contributed by atoms with van der Waals surface area (Å²) < 4.78 is 2.42. The molecule has 0 fully saturated rings. The van der Waals surface area contributed by atoms with Crippen LogP contribution < -0.4 is 4.90 Å². The number of nitrogens with zero attached hydrogens (tertiary/aromatic N) is 2. The van der Waals surface area contributed by atoms with E-state index >= 15 is 0 Å². The molecule has 2 heteroatoms. The molecule has 284 valence electrons. The second-order valence-corrected chi connectivity index (χ2v) is 16.9. The predicted molar refractivity (Wildman–Crippen MR) is 250 cm³/mol. The van der Waals surface area contributed by atoms with Crippen molar-refractivity contribution in [3.63, 3.8) is 0 Å². The minimum Gasteiger partial charge on any atom is -0.310 e. The second-order valence-electron chi connectivity index (χ2n) is 16.9. The van der Waals surface area contributed by atoms with Crippen LogP contribution >= 0.6 is 0 Å². The Morgan fingerprint density at radius 3 is 1.60 bits per heavy atom. The van der Waals surface area contributed by atoms with Gasteiger partial charge < -0.3 is 9.47 Å². The Kier molecular flexibility index (Phi) is 7.52. The van der Waals surface area contributed by atoms with Gasteiger partial charge in [0.1, 0.15) is 0 Å². The van der Waals surface area contributed by atoms with Crippen molar-refractivity contribution in [3.05, 3.63) is 252 Å². The Morgan fingerprint density at radius 2 is 0.867 bits per heavy atom. The number of aromatic nitrogens is 1. The molecule has 9 aromatic carbocycles. The van der Waals surface area contributed by atoms with Crippen LogP contribution in [0.2, 0.25) is 0 Å². The lowest BCUT2D eigenvalue weighted by Gasteiger charge is -2.35. The monoisotopic (exact) mass is 766 g/mol. The molecule has 0 saturated heterocycles. The Bertz CT molecular complexity index is 3250. The highest BCUT2D eigenvalue weighted by Crippen LogP contribution is 2.57. The highest BCUT2D eigenvalue weighted by Gasteiger charge is 2.46. The topological polar surface area (TPSA) is 8.17 Å². The number of fused-ring (bicyclic) bond motifs is 9. The van der Waals surface area contributed by atoms with Crippen molar-refractivity contribution < 1.29 is 0 Å². The first-order chi connectivity index (χ1) is 29.5. The van der Waals surface area contributed by atoms with Gasteiger partial charge in [0.15, 0.2) is 0 Å². The normalized spacial score (nSPS) is 14.1. The minimum absolute atomic E-state index is 0.145. The number of para-hydroxylation sites is 2. The van der Waals surface area contributed by atoms with Crippen LogP contribution in [0.3, 0.4) is 0 Å². The van der Waals surface area contributed by atoms with Gasteiger partial charge in [0, 0.05) is 38.9 Å². The van der Waals surface area contributed by atoms with Crippen LogP contribution in [-0.2, 0) is 10.8 Å². The van der Waals surface area contributed by atoms with E-state index in [9.17, 15) is 0 Å². The Labute approximate surface area is 351 Å². The van der Waals surface area contributed by atoms with Crippen molar-refractivity contribution in [2.24, 2.45) is 0 Å². The first-order valence-electron chi connectivity index (χ1n) is 21.0. The molecule has 0 N–H and O–H groups in total. The lowest BCUT2D eigenvalue weighted by molar-refractivity contribution is 0.660. The Hall–Kier alpha value is -7.42. The molecular weight excluding hydrogens is 725 g/mol. The van der Waals surface area contributed by atoms with E-state index in [0.717, 1.165) is 22.7 Å². The molecule has 0 spiro atoms. The molecule has 0 atom stereocenters. The van der Waals surface area contributed by atoms with Gasteiger partial charge in [-0.05, 0) is 110 Å². The molecule has 0 bridgehead atoms. The lowest BCUT2D eigenvalue weighted by atomic mass is 9.67. The molecule has 2 aliphatic carbocycles. The van der Waals surface area contributed by atoms with Crippen molar-refractivity contribution in [3.8, 4) is 27.9 Å². The van der Waals surface area contributed by atoms with Crippen LogP contribution in [-0.4, -0.2) is 4.57 Å². The van der Waals surface area contributed by atoms with Gasteiger partial charge in [-0.2, -0.15) is 0 Å². The highest BCUT2D eigenvalue weighted by molar-refractivity contribution is 6.10. The van der Waals surface area contributed by atoms with E-state index < -0.39 is 5.41 Å². The van der Waals surface area contributed by atoms with Gasteiger partial charge in [-0.25, -0.2) is 0 Å². The summed E-state index contributed by atoms with van der Waals surface area (Å²) >= 11 is 0. The van der Waals surface area contributed by atoms with Gasteiger partial charge in [0.2, 0.25) is 0 Å². The largest absolute Gasteiger partial charge is 0.310 e. The third-order valence-electron chi connectivity index (χ3n) is 13.5. The molecule has 0 aliphatic heterocycles. The van der Waals surface area contributed by atoms with Gasteiger partial charge in [-0.1, -0.05) is 178 Å². The fraction of sp³-hybridized carbons (Fsp3) is 0.0690. The van der Waals surface area contributed by atoms with Crippen LogP contribution in [0, 0.1) is 0 Å². The summed E-state index contributed by atoms with van der Waals surface area (Å²) in [7, 11) is 0. The molecule has 1 aromatic heterocycles. The quantitative estimate of drug-likeness (QED) is 0.164. The molecular formula is C58H42N2. The van der Waals surface area contributed by atoms with Gasteiger partial charge in [0.05, 0.1) is 16.4 Å². The number of hydrogen-bond acceptors (Lipinski definition) is 1. The summed E-state index contributed by atoms with van der Waals surface area (Å²) in [6.07, 6.45) is 0. The maximum absolute atomic E-state index is 2.49. The summed E-state index contributed by atoms with van der Waals surface area (Å²) in [6.45, 7) is 4.74. The summed E-state index contributed by atoms with van der Waals surface area (Å²) in [5, 5.41) is 2.48. The number of hydrogen-bond donors (Lipinski definition) is 0. The van der Waals surface area contributed by atoms with Gasteiger partial charge in [-0.15, -0.1) is 0 Å². The maximum atomic E-state index is 2.49. The minimum atomic E-state index is -0.513. The van der Waals surface area contributed by atoms with E-state index in [1.807, 2.05) is 0 Å². The predicted octanol–water partition coefficient (Wildman–Crippen LogP) is 14.9. The van der Waals surface area contributed by atoms with Crippen molar-refractivity contribution in [2.45, 2.75) is 24.7 Å². The molecule has 0 amide bonds. The van der Waals surface area contributed by atoms with E-state index in [0.29, 0.717) is 0 Å². The molecule has 2 nitrogen and oxygen atoms in total. The zero-order valence-corrected chi connectivity index (χ0v) is 33.7. The van der Waals surface area contributed by atoms with Gasteiger partial charge in [0.25, 0.3) is 0 Å². The lowest BCUT2D eigenvalue weighted by Crippen LogP contribution is -2.28. The van der Waals surface area contributed by atoms with E-state index in [1.165, 1.54) is 77.4 Å². The fourth-order valence-electron chi connectivity index (χ4n) is 10.8. The average molecular weight is 767 g/mol. The second kappa shape index (κ2) is 13.0. The molecule has 12 rings (SSSR count). The SMILES string of the molecule is CC1(C)c2ccccc2-c2ccc(N(c3cccc(C4(c5ccccc5)c5ccccc5-c5ccccc54)c3)c3ccc4c5ccccc5n(-c5ccccc5)c4c3)cc21. The maximum Gasteiger partial charge on any atom is 0.0714 e. The third kappa shape index (κ3) is 4.82. The number of anilines is 3. The van der Waals surface area contributed by atoms with E-state index in [4.69, 9.17) is 0 Å². The Balaban J connectivity index is 1.13. The van der Waals surface area contributed by atoms with Crippen LogP contribution in [0.15, 0.2) is 218 Å². The number of benzene rings is 9. The van der Waals surface area contributed by atoms with E-state index in [2.05, 4.69) is 242 Å². The molecule has 0 unspecified atom stereocenters. The van der Waals surface area contributed by atoms with E-state index in [-0.39, 0.29) is 5.41 Å². The van der Waals surface area contributed by atoms with E-state index in [1.54, 1.807) is 0 Å². The molecule has 0 saturated carbocycles. The molecule has 1 heterocycles. The molecule has 10 aromatic rings. The van der Waals surface area contributed by atoms with Crippen LogP contribution in [0.5, 0.6) is 0 Å². The Morgan fingerprint density at radius 1 is 0.350 bits per heavy atom. The summed E-state index contributed by atoms with van der Waals surface area (Å²) in [5.41, 5.74) is 19.3.